The average molecular weight is 381 g/mol. The quantitative estimate of drug-likeness (QED) is 0.711. The van der Waals surface area contributed by atoms with Gasteiger partial charge in [0.1, 0.15) is 17.3 Å². The van der Waals surface area contributed by atoms with Gasteiger partial charge in [-0.05, 0) is 44.9 Å². The summed E-state index contributed by atoms with van der Waals surface area (Å²) < 4.78 is 9.66. The summed E-state index contributed by atoms with van der Waals surface area (Å²) in [5, 5.41) is 14.6. The summed E-state index contributed by atoms with van der Waals surface area (Å²) in [6.45, 7) is 6.58. The fourth-order valence-corrected chi connectivity index (χ4v) is 3.84. The highest BCUT2D eigenvalue weighted by Crippen LogP contribution is 2.33. The number of benzene rings is 1. The summed E-state index contributed by atoms with van der Waals surface area (Å²) >= 11 is 0. The smallest absolute Gasteiger partial charge is 0.175 e. The molecule has 1 aliphatic heterocycles. The Hall–Kier alpha value is -2.80. The second-order valence-corrected chi connectivity index (χ2v) is 7.11. The SMILES string of the molecule is CCOc1ccc(-c2nccn2-c2c(N3CCCC3)nn(C)c2C)cc1CO. The summed E-state index contributed by atoms with van der Waals surface area (Å²) in [6, 6.07) is 5.84. The number of anilines is 1. The first-order chi connectivity index (χ1) is 13.6. The highest BCUT2D eigenvalue weighted by Gasteiger charge is 2.24. The molecule has 1 aliphatic rings. The average Bonchev–Trinajstić information content (AvgIpc) is 3.44. The van der Waals surface area contributed by atoms with Crippen molar-refractivity contribution in [1.29, 1.82) is 0 Å². The molecule has 3 aromatic rings. The third-order valence-corrected chi connectivity index (χ3v) is 5.36. The van der Waals surface area contributed by atoms with E-state index in [0.717, 1.165) is 47.2 Å². The number of ether oxygens (including phenoxy) is 1. The Balaban J connectivity index is 1.81. The van der Waals surface area contributed by atoms with Crippen LogP contribution in [0.1, 0.15) is 31.0 Å². The van der Waals surface area contributed by atoms with Gasteiger partial charge >= 0.3 is 0 Å². The molecule has 0 spiro atoms. The number of aromatic nitrogens is 4. The molecule has 7 heteroatoms. The van der Waals surface area contributed by atoms with Crippen LogP contribution in [0.15, 0.2) is 30.6 Å². The summed E-state index contributed by atoms with van der Waals surface area (Å²) in [7, 11) is 1.98. The standard InChI is InChI=1S/C21H27N5O2/c1-4-28-18-8-7-16(13-17(18)14-27)20-22-9-12-26(20)19-15(2)24(3)23-21(19)25-10-5-6-11-25/h7-9,12-13,27H,4-6,10-11,14H2,1-3H3. The number of aliphatic hydroxyl groups is 1. The van der Waals surface area contributed by atoms with Gasteiger partial charge in [-0.15, -0.1) is 0 Å². The van der Waals surface area contributed by atoms with E-state index in [1.807, 2.05) is 49.2 Å². The molecule has 0 amide bonds. The summed E-state index contributed by atoms with van der Waals surface area (Å²) in [6.07, 6.45) is 6.19. The van der Waals surface area contributed by atoms with Crippen molar-refractivity contribution in [3.8, 4) is 22.8 Å². The molecule has 0 aliphatic carbocycles. The number of hydrogen-bond acceptors (Lipinski definition) is 5. The van der Waals surface area contributed by atoms with E-state index < -0.39 is 0 Å². The highest BCUT2D eigenvalue weighted by molar-refractivity contribution is 5.68. The number of rotatable bonds is 6. The summed E-state index contributed by atoms with van der Waals surface area (Å²) in [5.41, 5.74) is 3.86. The third-order valence-electron chi connectivity index (χ3n) is 5.36. The molecule has 0 atom stereocenters. The fraction of sp³-hybridized carbons (Fsp3) is 0.429. The molecular weight excluding hydrogens is 354 g/mol. The van der Waals surface area contributed by atoms with Crippen LogP contribution in [-0.2, 0) is 13.7 Å². The van der Waals surface area contributed by atoms with Gasteiger partial charge in [0.2, 0.25) is 0 Å². The van der Waals surface area contributed by atoms with Crippen molar-refractivity contribution >= 4 is 5.82 Å². The molecule has 3 heterocycles. The maximum Gasteiger partial charge on any atom is 0.175 e. The van der Waals surface area contributed by atoms with E-state index >= 15 is 0 Å². The minimum absolute atomic E-state index is 0.0746. The molecule has 1 N–H and O–H groups in total. The van der Waals surface area contributed by atoms with Gasteiger partial charge in [0.05, 0.1) is 18.9 Å². The molecule has 28 heavy (non-hydrogen) atoms. The Morgan fingerprint density at radius 3 is 2.71 bits per heavy atom. The van der Waals surface area contributed by atoms with Gasteiger partial charge in [-0.2, -0.15) is 5.10 Å². The zero-order valence-corrected chi connectivity index (χ0v) is 16.7. The molecule has 0 bridgehead atoms. The lowest BCUT2D eigenvalue weighted by Crippen LogP contribution is -2.20. The number of hydrogen-bond donors (Lipinski definition) is 1. The van der Waals surface area contributed by atoms with Crippen molar-refractivity contribution < 1.29 is 9.84 Å². The van der Waals surface area contributed by atoms with E-state index in [1.54, 1.807) is 0 Å². The molecule has 0 unspecified atom stereocenters. The minimum Gasteiger partial charge on any atom is -0.494 e. The van der Waals surface area contributed by atoms with Crippen molar-refractivity contribution in [3.05, 3.63) is 41.9 Å². The third kappa shape index (κ3) is 3.16. The molecule has 1 fully saturated rings. The Labute approximate surface area is 165 Å². The van der Waals surface area contributed by atoms with Crippen molar-refractivity contribution in [2.45, 2.75) is 33.3 Å². The molecule has 1 aromatic carbocycles. The van der Waals surface area contributed by atoms with Crippen LogP contribution in [0.3, 0.4) is 0 Å². The van der Waals surface area contributed by atoms with Gasteiger partial charge in [0.25, 0.3) is 0 Å². The second-order valence-electron chi connectivity index (χ2n) is 7.11. The molecule has 0 saturated carbocycles. The van der Waals surface area contributed by atoms with Crippen LogP contribution in [0.2, 0.25) is 0 Å². The minimum atomic E-state index is -0.0746. The van der Waals surface area contributed by atoms with E-state index in [-0.39, 0.29) is 6.61 Å². The van der Waals surface area contributed by atoms with Gasteiger partial charge in [0, 0.05) is 43.7 Å². The van der Waals surface area contributed by atoms with Crippen LogP contribution in [-0.4, -0.2) is 44.1 Å². The fourth-order valence-electron chi connectivity index (χ4n) is 3.84. The Morgan fingerprint density at radius 2 is 2.00 bits per heavy atom. The Bertz CT molecular complexity index is 969. The van der Waals surface area contributed by atoms with Gasteiger partial charge in [-0.3, -0.25) is 9.25 Å². The van der Waals surface area contributed by atoms with E-state index in [0.29, 0.717) is 12.4 Å². The number of aryl methyl sites for hydroxylation is 1. The summed E-state index contributed by atoms with van der Waals surface area (Å²) in [4.78, 5) is 6.97. The van der Waals surface area contributed by atoms with Gasteiger partial charge in [-0.1, -0.05) is 0 Å². The van der Waals surface area contributed by atoms with Crippen LogP contribution >= 0.6 is 0 Å². The van der Waals surface area contributed by atoms with E-state index in [9.17, 15) is 5.11 Å². The zero-order valence-electron chi connectivity index (χ0n) is 16.7. The zero-order chi connectivity index (χ0) is 19.7. The molecule has 2 aromatic heterocycles. The first-order valence-corrected chi connectivity index (χ1v) is 9.83. The van der Waals surface area contributed by atoms with Crippen molar-refractivity contribution in [1.82, 2.24) is 19.3 Å². The molecule has 1 saturated heterocycles. The monoisotopic (exact) mass is 381 g/mol. The Morgan fingerprint density at radius 1 is 1.21 bits per heavy atom. The topological polar surface area (TPSA) is 68.3 Å². The largest absolute Gasteiger partial charge is 0.494 e. The van der Waals surface area contributed by atoms with Gasteiger partial charge in [0.15, 0.2) is 5.82 Å². The molecule has 148 valence electrons. The first-order valence-electron chi connectivity index (χ1n) is 9.83. The molecule has 4 rings (SSSR count). The van der Waals surface area contributed by atoms with Crippen molar-refractivity contribution in [3.63, 3.8) is 0 Å². The number of aliphatic hydroxyl groups excluding tert-OH is 1. The van der Waals surface area contributed by atoms with Crippen LogP contribution in [0.25, 0.3) is 17.1 Å². The molecule has 0 radical (unpaired) electrons. The van der Waals surface area contributed by atoms with Crippen LogP contribution in [0, 0.1) is 6.92 Å². The lowest BCUT2D eigenvalue weighted by atomic mass is 10.1. The van der Waals surface area contributed by atoms with Crippen LogP contribution < -0.4 is 9.64 Å². The maximum absolute atomic E-state index is 9.76. The predicted molar refractivity (Wildman–Crippen MR) is 109 cm³/mol. The summed E-state index contributed by atoms with van der Waals surface area (Å²) in [5.74, 6) is 2.54. The van der Waals surface area contributed by atoms with E-state index in [1.165, 1.54) is 12.8 Å². The van der Waals surface area contributed by atoms with E-state index in [2.05, 4.69) is 21.4 Å². The lowest BCUT2D eigenvalue weighted by Gasteiger charge is -2.18. The lowest BCUT2D eigenvalue weighted by molar-refractivity contribution is 0.267. The highest BCUT2D eigenvalue weighted by atomic mass is 16.5. The molecule has 7 nitrogen and oxygen atoms in total. The molecular formula is C21H27N5O2. The normalized spacial score (nSPS) is 14.1. The van der Waals surface area contributed by atoms with Gasteiger partial charge in [-0.25, -0.2) is 4.98 Å². The van der Waals surface area contributed by atoms with Crippen LogP contribution in [0.5, 0.6) is 5.75 Å². The first kappa shape index (κ1) is 18.6. The number of nitrogens with zero attached hydrogens (tertiary/aromatic N) is 5. The van der Waals surface area contributed by atoms with E-state index in [4.69, 9.17) is 9.84 Å². The maximum atomic E-state index is 9.76. The predicted octanol–water partition coefficient (Wildman–Crippen LogP) is 3.07. The van der Waals surface area contributed by atoms with Crippen molar-refractivity contribution in [2.75, 3.05) is 24.6 Å². The Kier molecular flexibility index (Phi) is 5.09. The van der Waals surface area contributed by atoms with Gasteiger partial charge < -0.3 is 14.7 Å². The van der Waals surface area contributed by atoms with Crippen LogP contribution in [0.4, 0.5) is 5.82 Å². The number of imidazole rings is 1. The van der Waals surface area contributed by atoms with Crippen molar-refractivity contribution in [2.24, 2.45) is 7.05 Å². The second kappa shape index (κ2) is 7.67.